The number of rotatable bonds is 8. The maximum atomic E-state index is 12.4. The van der Waals surface area contributed by atoms with Crippen molar-refractivity contribution >= 4 is 15.7 Å². The zero-order valence-electron chi connectivity index (χ0n) is 15.9. The number of hydrogen-bond acceptors (Lipinski definition) is 3. The van der Waals surface area contributed by atoms with E-state index in [0.717, 1.165) is 22.3 Å². The number of benzene rings is 3. The Morgan fingerprint density at radius 3 is 2.13 bits per heavy atom. The first-order chi connectivity index (χ1) is 14.3. The molecule has 0 spiro atoms. The average molecular weight is 435 g/mol. The van der Waals surface area contributed by atoms with Crippen LogP contribution in [0.15, 0.2) is 78.9 Å². The summed E-state index contributed by atoms with van der Waals surface area (Å²) in [6.45, 7) is 0.839. The van der Waals surface area contributed by atoms with E-state index in [9.17, 15) is 21.6 Å². The van der Waals surface area contributed by atoms with Crippen molar-refractivity contribution in [2.24, 2.45) is 0 Å². The molecular formula is C22H20F3NO3S. The highest BCUT2D eigenvalue weighted by Gasteiger charge is 2.45. The SMILES string of the molecule is O=S(=O)(Nc1ccc(CCOCc2ccccc2-c2ccccc2)cc1)C(F)(F)F. The van der Waals surface area contributed by atoms with E-state index in [1.807, 2.05) is 54.6 Å². The highest BCUT2D eigenvalue weighted by molar-refractivity contribution is 7.93. The van der Waals surface area contributed by atoms with Gasteiger partial charge in [-0.3, -0.25) is 4.72 Å². The fraction of sp³-hybridized carbons (Fsp3) is 0.182. The normalized spacial score (nSPS) is 12.0. The van der Waals surface area contributed by atoms with Crippen LogP contribution in [0.4, 0.5) is 18.9 Å². The van der Waals surface area contributed by atoms with E-state index < -0.39 is 15.5 Å². The highest BCUT2D eigenvalue weighted by Crippen LogP contribution is 2.26. The van der Waals surface area contributed by atoms with Gasteiger partial charge in [0.1, 0.15) is 0 Å². The van der Waals surface area contributed by atoms with Crippen LogP contribution in [0.3, 0.4) is 0 Å². The van der Waals surface area contributed by atoms with Gasteiger partial charge in [0.15, 0.2) is 0 Å². The largest absolute Gasteiger partial charge is 0.516 e. The minimum Gasteiger partial charge on any atom is -0.376 e. The second-order valence-electron chi connectivity index (χ2n) is 6.57. The van der Waals surface area contributed by atoms with Gasteiger partial charge in [0, 0.05) is 5.69 Å². The summed E-state index contributed by atoms with van der Waals surface area (Å²) < 4.78 is 66.8. The minimum atomic E-state index is -5.42. The Morgan fingerprint density at radius 1 is 0.833 bits per heavy atom. The summed E-state index contributed by atoms with van der Waals surface area (Å²) >= 11 is 0. The van der Waals surface area contributed by atoms with Gasteiger partial charge in [0.2, 0.25) is 0 Å². The molecule has 0 saturated carbocycles. The van der Waals surface area contributed by atoms with Gasteiger partial charge in [-0.2, -0.15) is 21.6 Å². The molecule has 8 heteroatoms. The van der Waals surface area contributed by atoms with Gasteiger partial charge >= 0.3 is 15.5 Å². The molecule has 0 atom stereocenters. The fourth-order valence-corrected chi connectivity index (χ4v) is 3.43. The Balaban J connectivity index is 1.54. The van der Waals surface area contributed by atoms with E-state index in [4.69, 9.17) is 4.74 Å². The summed E-state index contributed by atoms with van der Waals surface area (Å²) in [6.07, 6.45) is 0.541. The molecule has 158 valence electrons. The second kappa shape index (κ2) is 9.32. The van der Waals surface area contributed by atoms with Crippen molar-refractivity contribution in [3.8, 4) is 11.1 Å². The van der Waals surface area contributed by atoms with Crippen LogP contribution in [-0.2, 0) is 27.8 Å². The van der Waals surface area contributed by atoms with Crippen LogP contribution in [0.25, 0.3) is 11.1 Å². The number of halogens is 3. The van der Waals surface area contributed by atoms with Crippen molar-refractivity contribution in [3.05, 3.63) is 90.0 Å². The Kier molecular flexibility index (Phi) is 6.79. The lowest BCUT2D eigenvalue weighted by Crippen LogP contribution is -2.29. The highest BCUT2D eigenvalue weighted by atomic mass is 32.2. The van der Waals surface area contributed by atoms with Gasteiger partial charge in [-0.05, 0) is 40.8 Å². The van der Waals surface area contributed by atoms with Gasteiger partial charge < -0.3 is 4.74 Å². The molecule has 0 aromatic heterocycles. The lowest BCUT2D eigenvalue weighted by Gasteiger charge is -2.12. The van der Waals surface area contributed by atoms with Crippen LogP contribution in [0.1, 0.15) is 11.1 Å². The predicted octanol–water partition coefficient (Wildman–Crippen LogP) is 5.37. The molecule has 0 aliphatic heterocycles. The van der Waals surface area contributed by atoms with E-state index >= 15 is 0 Å². The molecule has 1 N–H and O–H groups in total. The molecule has 4 nitrogen and oxygen atoms in total. The van der Waals surface area contributed by atoms with E-state index in [-0.39, 0.29) is 5.69 Å². The Hall–Kier alpha value is -2.84. The quantitative estimate of drug-likeness (QED) is 0.484. The van der Waals surface area contributed by atoms with Crippen molar-refractivity contribution in [3.63, 3.8) is 0 Å². The summed E-state index contributed by atoms with van der Waals surface area (Å²) in [4.78, 5) is 0. The zero-order valence-corrected chi connectivity index (χ0v) is 16.7. The number of nitrogens with one attached hydrogen (secondary N) is 1. The molecule has 3 aromatic carbocycles. The van der Waals surface area contributed by atoms with Crippen molar-refractivity contribution < 1.29 is 26.3 Å². The first kappa shape index (κ1) is 21.9. The van der Waals surface area contributed by atoms with Gasteiger partial charge in [-0.15, -0.1) is 0 Å². The van der Waals surface area contributed by atoms with Crippen molar-refractivity contribution in [2.45, 2.75) is 18.5 Å². The number of sulfonamides is 1. The number of alkyl halides is 3. The van der Waals surface area contributed by atoms with Crippen LogP contribution < -0.4 is 4.72 Å². The lowest BCUT2D eigenvalue weighted by molar-refractivity contribution is -0.0429. The number of anilines is 1. The van der Waals surface area contributed by atoms with Crippen LogP contribution in [0.2, 0.25) is 0 Å². The van der Waals surface area contributed by atoms with E-state index in [0.29, 0.717) is 19.6 Å². The van der Waals surface area contributed by atoms with Gasteiger partial charge in [-0.25, -0.2) is 0 Å². The molecule has 0 bridgehead atoms. The van der Waals surface area contributed by atoms with E-state index in [1.165, 1.54) is 16.9 Å². The molecule has 3 rings (SSSR count). The molecular weight excluding hydrogens is 415 g/mol. The van der Waals surface area contributed by atoms with Crippen molar-refractivity contribution in [1.82, 2.24) is 0 Å². The standard InChI is InChI=1S/C22H20F3NO3S/c23-22(24,25)30(27,28)26-20-12-10-17(11-13-20)14-15-29-16-19-8-4-5-9-21(19)18-6-2-1-3-7-18/h1-13,26H,14-16H2. The first-order valence-electron chi connectivity index (χ1n) is 9.15. The summed E-state index contributed by atoms with van der Waals surface area (Å²) in [6, 6.07) is 23.7. The molecule has 0 aliphatic rings. The summed E-state index contributed by atoms with van der Waals surface area (Å²) in [5.41, 5.74) is -1.42. The monoisotopic (exact) mass is 435 g/mol. The molecule has 0 amide bonds. The van der Waals surface area contributed by atoms with Gasteiger partial charge in [-0.1, -0.05) is 66.7 Å². The molecule has 3 aromatic rings. The third kappa shape index (κ3) is 5.61. The molecule has 0 radical (unpaired) electrons. The maximum Gasteiger partial charge on any atom is 0.516 e. The molecule has 0 saturated heterocycles. The summed E-state index contributed by atoms with van der Waals surface area (Å²) in [5, 5.41) is 0. The van der Waals surface area contributed by atoms with Gasteiger partial charge in [0.25, 0.3) is 0 Å². The third-order valence-corrected chi connectivity index (χ3v) is 5.52. The zero-order chi connectivity index (χ0) is 21.6. The fourth-order valence-electron chi connectivity index (χ4n) is 2.87. The Labute approximate surface area is 173 Å². The van der Waals surface area contributed by atoms with Crippen LogP contribution in [-0.4, -0.2) is 20.5 Å². The van der Waals surface area contributed by atoms with Crippen molar-refractivity contribution in [2.75, 3.05) is 11.3 Å². The molecule has 0 unspecified atom stereocenters. The molecule has 0 aliphatic carbocycles. The molecule has 0 fully saturated rings. The lowest BCUT2D eigenvalue weighted by atomic mass is 10.0. The summed E-state index contributed by atoms with van der Waals surface area (Å²) in [7, 11) is -5.42. The molecule has 0 heterocycles. The minimum absolute atomic E-state index is 0.145. The first-order valence-corrected chi connectivity index (χ1v) is 10.6. The van der Waals surface area contributed by atoms with Crippen LogP contribution in [0, 0.1) is 0 Å². The third-order valence-electron chi connectivity index (χ3n) is 4.41. The van der Waals surface area contributed by atoms with Crippen molar-refractivity contribution in [1.29, 1.82) is 0 Å². The number of ether oxygens (including phenoxy) is 1. The maximum absolute atomic E-state index is 12.4. The topological polar surface area (TPSA) is 55.4 Å². The second-order valence-corrected chi connectivity index (χ2v) is 8.25. The van der Waals surface area contributed by atoms with E-state index in [1.54, 1.807) is 12.1 Å². The molecule has 30 heavy (non-hydrogen) atoms. The van der Waals surface area contributed by atoms with E-state index in [2.05, 4.69) is 0 Å². The Bertz CT molecular complexity index is 1070. The summed E-state index contributed by atoms with van der Waals surface area (Å²) in [5.74, 6) is 0. The predicted molar refractivity (Wildman–Crippen MR) is 110 cm³/mol. The van der Waals surface area contributed by atoms with Crippen LogP contribution >= 0.6 is 0 Å². The average Bonchev–Trinajstić information content (AvgIpc) is 2.72. The number of hydrogen-bond donors (Lipinski definition) is 1. The van der Waals surface area contributed by atoms with Crippen LogP contribution in [0.5, 0.6) is 0 Å². The Morgan fingerprint density at radius 2 is 1.47 bits per heavy atom. The smallest absolute Gasteiger partial charge is 0.376 e. The van der Waals surface area contributed by atoms with Gasteiger partial charge in [0.05, 0.1) is 13.2 Å².